The fourth-order valence-corrected chi connectivity index (χ4v) is 3.16. The molecule has 9 heteroatoms. The molecular weight excluding hydrogens is 412 g/mol. The molecule has 0 atom stereocenters. The van der Waals surface area contributed by atoms with E-state index in [-0.39, 0.29) is 12.2 Å². The highest BCUT2D eigenvalue weighted by atomic mass is 35.5. The molecule has 0 aliphatic rings. The molecule has 2 aromatic carbocycles. The lowest BCUT2D eigenvalue weighted by Gasteiger charge is -2.10. The lowest BCUT2D eigenvalue weighted by atomic mass is 10.2. The Kier molecular flexibility index (Phi) is 5.58. The highest BCUT2D eigenvalue weighted by Gasteiger charge is 2.21. The zero-order valence-electron chi connectivity index (χ0n) is 15.6. The van der Waals surface area contributed by atoms with Crippen molar-refractivity contribution in [2.75, 3.05) is 0 Å². The van der Waals surface area contributed by atoms with Gasteiger partial charge in [-0.15, -0.1) is 5.10 Å². The number of nitrogens with one attached hydrogen (secondary N) is 1. The van der Waals surface area contributed by atoms with Crippen molar-refractivity contribution < 1.29 is 13.6 Å². The maximum absolute atomic E-state index is 13.4. The van der Waals surface area contributed by atoms with Gasteiger partial charge in [0.25, 0.3) is 5.91 Å². The van der Waals surface area contributed by atoms with E-state index in [0.717, 1.165) is 23.8 Å². The summed E-state index contributed by atoms with van der Waals surface area (Å²) in [5.41, 5.74) is 1.33. The predicted molar refractivity (Wildman–Crippen MR) is 107 cm³/mol. The molecule has 0 aliphatic heterocycles. The number of amides is 1. The molecule has 1 amide bonds. The number of hydrogen-bond donors (Lipinski definition) is 1. The standard InChI is InChI=1S/C21H16ClF2N5O/c22-16-5-3-14(4-6-16)13-29-21(28-7-1-2-8-28)19(26-27-29)20(30)25-12-15-9-17(23)11-18(24)10-15/h1-11H,12-13H2,(H,25,30). The van der Waals surface area contributed by atoms with E-state index in [2.05, 4.69) is 15.6 Å². The summed E-state index contributed by atoms with van der Waals surface area (Å²) in [4.78, 5) is 12.8. The van der Waals surface area contributed by atoms with Crippen LogP contribution in [0.1, 0.15) is 21.6 Å². The first kappa shape index (κ1) is 19.8. The smallest absolute Gasteiger partial charge is 0.276 e. The topological polar surface area (TPSA) is 64.7 Å². The molecule has 4 rings (SSSR count). The van der Waals surface area contributed by atoms with Gasteiger partial charge in [0.1, 0.15) is 11.6 Å². The van der Waals surface area contributed by atoms with Gasteiger partial charge in [0, 0.05) is 30.0 Å². The fourth-order valence-electron chi connectivity index (χ4n) is 3.03. The number of nitrogens with zero attached hydrogens (tertiary/aromatic N) is 4. The Bertz CT molecular complexity index is 1150. The molecule has 0 saturated heterocycles. The lowest BCUT2D eigenvalue weighted by Crippen LogP contribution is -2.25. The maximum atomic E-state index is 13.4. The molecule has 2 heterocycles. The second kappa shape index (κ2) is 8.46. The van der Waals surface area contributed by atoms with Crippen molar-refractivity contribution in [2.45, 2.75) is 13.1 Å². The summed E-state index contributed by atoms with van der Waals surface area (Å²) >= 11 is 5.94. The van der Waals surface area contributed by atoms with E-state index in [9.17, 15) is 13.6 Å². The number of carbonyl (C=O) groups is 1. The summed E-state index contributed by atoms with van der Waals surface area (Å²) in [6.07, 6.45) is 3.55. The monoisotopic (exact) mass is 427 g/mol. The van der Waals surface area contributed by atoms with Gasteiger partial charge in [0.15, 0.2) is 11.5 Å². The lowest BCUT2D eigenvalue weighted by molar-refractivity contribution is 0.0945. The molecule has 0 fully saturated rings. The first-order chi connectivity index (χ1) is 14.5. The Morgan fingerprint density at radius 1 is 1.00 bits per heavy atom. The minimum atomic E-state index is -0.707. The normalized spacial score (nSPS) is 10.9. The Morgan fingerprint density at radius 2 is 1.67 bits per heavy atom. The minimum Gasteiger partial charge on any atom is -0.346 e. The van der Waals surface area contributed by atoms with E-state index in [1.54, 1.807) is 33.8 Å². The van der Waals surface area contributed by atoms with Gasteiger partial charge in [-0.3, -0.25) is 4.79 Å². The van der Waals surface area contributed by atoms with Crippen LogP contribution in [0.25, 0.3) is 5.82 Å². The van der Waals surface area contributed by atoms with Crippen LogP contribution in [0.3, 0.4) is 0 Å². The molecule has 152 valence electrons. The van der Waals surface area contributed by atoms with Gasteiger partial charge in [-0.05, 0) is 47.5 Å². The summed E-state index contributed by atoms with van der Waals surface area (Å²) in [6, 6.07) is 14.0. The molecule has 0 unspecified atom stereocenters. The minimum absolute atomic E-state index is 0.0529. The third kappa shape index (κ3) is 4.38. The second-order valence-electron chi connectivity index (χ2n) is 6.60. The quantitative estimate of drug-likeness (QED) is 0.506. The van der Waals surface area contributed by atoms with Gasteiger partial charge in [0.05, 0.1) is 6.54 Å². The van der Waals surface area contributed by atoms with Crippen LogP contribution in [-0.2, 0) is 13.1 Å². The van der Waals surface area contributed by atoms with Crippen LogP contribution < -0.4 is 5.32 Å². The van der Waals surface area contributed by atoms with Gasteiger partial charge < -0.3 is 9.88 Å². The van der Waals surface area contributed by atoms with Gasteiger partial charge in [-0.25, -0.2) is 13.5 Å². The fraction of sp³-hybridized carbons (Fsp3) is 0.0952. The number of rotatable bonds is 6. The van der Waals surface area contributed by atoms with E-state index >= 15 is 0 Å². The zero-order valence-corrected chi connectivity index (χ0v) is 16.4. The van der Waals surface area contributed by atoms with Crippen molar-refractivity contribution >= 4 is 17.5 Å². The molecular formula is C21H16ClF2N5O. The number of aromatic nitrogens is 4. The van der Waals surface area contributed by atoms with Gasteiger partial charge >= 0.3 is 0 Å². The zero-order chi connectivity index (χ0) is 21.1. The second-order valence-corrected chi connectivity index (χ2v) is 7.03. The van der Waals surface area contributed by atoms with Crippen molar-refractivity contribution in [2.24, 2.45) is 0 Å². The molecule has 4 aromatic rings. The van der Waals surface area contributed by atoms with Crippen LogP contribution in [-0.4, -0.2) is 25.5 Å². The highest BCUT2D eigenvalue weighted by molar-refractivity contribution is 6.30. The van der Waals surface area contributed by atoms with Crippen LogP contribution >= 0.6 is 11.6 Å². The first-order valence-electron chi connectivity index (χ1n) is 9.04. The maximum Gasteiger partial charge on any atom is 0.276 e. The molecule has 0 saturated carbocycles. The third-order valence-electron chi connectivity index (χ3n) is 4.39. The summed E-state index contributed by atoms with van der Waals surface area (Å²) in [5, 5.41) is 11.4. The Labute approximate surface area is 175 Å². The number of hydrogen-bond acceptors (Lipinski definition) is 3. The largest absolute Gasteiger partial charge is 0.346 e. The van der Waals surface area contributed by atoms with Crippen LogP contribution in [0.4, 0.5) is 8.78 Å². The van der Waals surface area contributed by atoms with Crippen LogP contribution in [0.15, 0.2) is 67.0 Å². The summed E-state index contributed by atoms with van der Waals surface area (Å²) in [6.45, 7) is 0.322. The number of benzene rings is 2. The van der Waals surface area contributed by atoms with Gasteiger partial charge in [-0.1, -0.05) is 28.9 Å². The first-order valence-corrected chi connectivity index (χ1v) is 9.42. The molecule has 2 aromatic heterocycles. The highest BCUT2D eigenvalue weighted by Crippen LogP contribution is 2.17. The number of halogens is 3. The SMILES string of the molecule is O=C(NCc1cc(F)cc(F)c1)c1nnn(Cc2ccc(Cl)cc2)c1-n1cccc1. The van der Waals surface area contributed by atoms with Crippen LogP contribution in [0.2, 0.25) is 5.02 Å². The van der Waals surface area contributed by atoms with E-state index < -0.39 is 17.5 Å². The molecule has 1 N–H and O–H groups in total. The van der Waals surface area contributed by atoms with Crippen molar-refractivity contribution in [1.82, 2.24) is 24.9 Å². The summed E-state index contributed by atoms with van der Waals surface area (Å²) in [5.74, 6) is -1.45. The van der Waals surface area contributed by atoms with E-state index in [4.69, 9.17) is 11.6 Å². The van der Waals surface area contributed by atoms with Crippen molar-refractivity contribution in [3.63, 3.8) is 0 Å². The molecule has 6 nitrogen and oxygen atoms in total. The average molecular weight is 428 g/mol. The van der Waals surface area contributed by atoms with Crippen LogP contribution in [0, 0.1) is 11.6 Å². The average Bonchev–Trinajstić information content (AvgIpc) is 3.37. The number of carbonyl (C=O) groups excluding carboxylic acids is 1. The molecule has 0 radical (unpaired) electrons. The van der Waals surface area contributed by atoms with Crippen molar-refractivity contribution in [3.05, 3.63) is 100 Å². The Morgan fingerprint density at radius 3 is 2.33 bits per heavy atom. The van der Waals surface area contributed by atoms with E-state index in [0.29, 0.717) is 22.9 Å². The molecule has 0 aliphatic carbocycles. The molecule has 0 spiro atoms. The van der Waals surface area contributed by atoms with E-state index in [1.807, 2.05) is 24.3 Å². The summed E-state index contributed by atoms with van der Waals surface area (Å²) < 4.78 is 30.1. The van der Waals surface area contributed by atoms with Crippen molar-refractivity contribution in [1.29, 1.82) is 0 Å². The Balaban J connectivity index is 1.60. The molecule has 0 bridgehead atoms. The van der Waals surface area contributed by atoms with Crippen LogP contribution in [0.5, 0.6) is 0 Å². The van der Waals surface area contributed by atoms with E-state index in [1.165, 1.54) is 0 Å². The summed E-state index contributed by atoms with van der Waals surface area (Å²) in [7, 11) is 0. The molecule has 30 heavy (non-hydrogen) atoms. The third-order valence-corrected chi connectivity index (χ3v) is 4.65. The predicted octanol–water partition coefficient (Wildman–Crippen LogP) is 3.98. The van der Waals surface area contributed by atoms with Crippen molar-refractivity contribution in [3.8, 4) is 5.82 Å². The van der Waals surface area contributed by atoms with Gasteiger partial charge in [0.2, 0.25) is 0 Å². The van der Waals surface area contributed by atoms with Gasteiger partial charge in [-0.2, -0.15) is 0 Å². The Hall–Kier alpha value is -3.52.